The summed E-state index contributed by atoms with van der Waals surface area (Å²) < 4.78 is 1.86. The van der Waals surface area contributed by atoms with Crippen LogP contribution >= 0.6 is 0 Å². The Hall–Kier alpha value is -1.88. The van der Waals surface area contributed by atoms with Gasteiger partial charge >= 0.3 is 0 Å². The van der Waals surface area contributed by atoms with Crippen molar-refractivity contribution in [1.82, 2.24) is 20.1 Å². The number of rotatable bonds is 2. The highest BCUT2D eigenvalue weighted by Crippen LogP contribution is 2.20. The van der Waals surface area contributed by atoms with Crippen LogP contribution in [0.2, 0.25) is 0 Å². The van der Waals surface area contributed by atoms with Gasteiger partial charge in [-0.1, -0.05) is 0 Å². The van der Waals surface area contributed by atoms with Crippen LogP contribution in [0.15, 0.2) is 30.6 Å². The predicted octanol–water partition coefficient (Wildman–Crippen LogP) is 0.892. The fraction of sp³-hybridized carbons (Fsp3) is 0.385. The van der Waals surface area contributed by atoms with Gasteiger partial charge in [0.25, 0.3) is 0 Å². The Morgan fingerprint density at radius 1 is 1.17 bits per heavy atom. The lowest BCUT2D eigenvalue weighted by atomic mass is 10.2. The van der Waals surface area contributed by atoms with E-state index in [2.05, 4.69) is 32.4 Å². The largest absolute Gasteiger partial charge is 0.354 e. The van der Waals surface area contributed by atoms with Crippen LogP contribution < -0.4 is 10.2 Å². The van der Waals surface area contributed by atoms with Gasteiger partial charge in [-0.2, -0.15) is 5.10 Å². The first-order valence-corrected chi connectivity index (χ1v) is 6.25. The molecule has 1 saturated heterocycles. The first-order valence-electron chi connectivity index (χ1n) is 6.25. The summed E-state index contributed by atoms with van der Waals surface area (Å²) in [6.45, 7) is 4.12. The maximum Gasteiger partial charge on any atom is 0.128 e. The number of nitrogens with zero attached hydrogens (tertiary/aromatic N) is 4. The van der Waals surface area contributed by atoms with Crippen LogP contribution in [0.3, 0.4) is 0 Å². The molecule has 0 saturated carbocycles. The summed E-state index contributed by atoms with van der Waals surface area (Å²) in [7, 11) is 1.94. The molecule has 0 aliphatic carbocycles. The molecule has 1 aliphatic heterocycles. The van der Waals surface area contributed by atoms with E-state index in [4.69, 9.17) is 0 Å². The molecule has 0 radical (unpaired) electrons. The highest BCUT2D eigenvalue weighted by atomic mass is 15.3. The van der Waals surface area contributed by atoms with Gasteiger partial charge in [-0.3, -0.25) is 4.68 Å². The molecular weight excluding hydrogens is 226 g/mol. The van der Waals surface area contributed by atoms with Crippen LogP contribution in [0, 0.1) is 0 Å². The van der Waals surface area contributed by atoms with E-state index in [9.17, 15) is 0 Å². The van der Waals surface area contributed by atoms with E-state index in [-0.39, 0.29) is 0 Å². The summed E-state index contributed by atoms with van der Waals surface area (Å²) >= 11 is 0. The number of nitrogens with one attached hydrogen (secondary N) is 1. The Morgan fingerprint density at radius 2 is 2.00 bits per heavy atom. The topological polar surface area (TPSA) is 46.0 Å². The molecule has 1 fully saturated rings. The number of hydrogen-bond acceptors (Lipinski definition) is 4. The van der Waals surface area contributed by atoms with E-state index >= 15 is 0 Å². The normalized spacial score (nSPS) is 15.9. The Balaban J connectivity index is 1.82. The number of anilines is 1. The standard InChI is InChI=1S/C13H17N5/c1-17-12(4-5-16-17)11-2-3-13(15-10-11)18-8-6-14-7-9-18/h2-5,10,14H,6-9H2,1H3. The lowest BCUT2D eigenvalue weighted by Crippen LogP contribution is -2.43. The summed E-state index contributed by atoms with van der Waals surface area (Å²) in [5.74, 6) is 1.06. The smallest absolute Gasteiger partial charge is 0.128 e. The lowest BCUT2D eigenvalue weighted by molar-refractivity contribution is 0.585. The zero-order valence-corrected chi connectivity index (χ0v) is 10.5. The molecule has 1 aliphatic rings. The molecule has 18 heavy (non-hydrogen) atoms. The minimum atomic E-state index is 1.03. The highest BCUT2D eigenvalue weighted by molar-refractivity contribution is 5.60. The van der Waals surface area contributed by atoms with Crippen LogP contribution in [-0.4, -0.2) is 40.9 Å². The lowest BCUT2D eigenvalue weighted by Gasteiger charge is -2.28. The van der Waals surface area contributed by atoms with E-state index in [1.54, 1.807) is 6.20 Å². The van der Waals surface area contributed by atoms with Crippen molar-refractivity contribution in [3.05, 3.63) is 30.6 Å². The molecule has 3 rings (SSSR count). The van der Waals surface area contributed by atoms with Crippen molar-refractivity contribution in [3.8, 4) is 11.3 Å². The van der Waals surface area contributed by atoms with Gasteiger partial charge in [0.05, 0.1) is 5.69 Å². The zero-order chi connectivity index (χ0) is 12.4. The Bertz CT molecular complexity index is 510. The van der Waals surface area contributed by atoms with E-state index in [0.717, 1.165) is 43.3 Å². The number of aryl methyl sites for hydroxylation is 1. The van der Waals surface area contributed by atoms with Gasteiger partial charge in [-0.05, 0) is 18.2 Å². The molecule has 5 heteroatoms. The summed E-state index contributed by atoms with van der Waals surface area (Å²) in [6, 6.07) is 6.20. The van der Waals surface area contributed by atoms with Crippen LogP contribution in [0.25, 0.3) is 11.3 Å². The van der Waals surface area contributed by atoms with Crippen molar-refractivity contribution in [3.63, 3.8) is 0 Å². The average Bonchev–Trinajstić information content (AvgIpc) is 2.86. The van der Waals surface area contributed by atoms with Crippen molar-refractivity contribution < 1.29 is 0 Å². The molecule has 5 nitrogen and oxygen atoms in total. The quantitative estimate of drug-likeness (QED) is 0.851. The highest BCUT2D eigenvalue weighted by Gasteiger charge is 2.11. The van der Waals surface area contributed by atoms with Gasteiger partial charge in [0, 0.05) is 51.2 Å². The molecular formula is C13H17N5. The molecule has 0 amide bonds. The third-order valence-electron chi connectivity index (χ3n) is 3.31. The summed E-state index contributed by atoms with van der Waals surface area (Å²) in [6.07, 6.45) is 3.73. The fourth-order valence-corrected chi connectivity index (χ4v) is 2.28. The molecule has 0 spiro atoms. The SMILES string of the molecule is Cn1nccc1-c1ccc(N2CCNCC2)nc1. The van der Waals surface area contributed by atoms with Gasteiger partial charge in [-0.15, -0.1) is 0 Å². The van der Waals surface area contributed by atoms with Crippen molar-refractivity contribution >= 4 is 5.82 Å². The molecule has 0 atom stereocenters. The number of hydrogen-bond donors (Lipinski definition) is 1. The second kappa shape index (κ2) is 4.78. The van der Waals surface area contributed by atoms with Crippen LogP contribution in [0.1, 0.15) is 0 Å². The van der Waals surface area contributed by atoms with Crippen LogP contribution in [0.4, 0.5) is 5.82 Å². The zero-order valence-electron chi connectivity index (χ0n) is 10.5. The third kappa shape index (κ3) is 2.09. The molecule has 0 aromatic carbocycles. The Kier molecular flexibility index (Phi) is 2.98. The molecule has 2 aromatic heterocycles. The summed E-state index contributed by atoms with van der Waals surface area (Å²) in [5, 5.41) is 7.52. The predicted molar refractivity (Wildman–Crippen MR) is 71.5 cm³/mol. The molecule has 0 unspecified atom stereocenters. The second-order valence-corrected chi connectivity index (χ2v) is 4.48. The van der Waals surface area contributed by atoms with Crippen LogP contribution in [-0.2, 0) is 7.05 Å². The van der Waals surface area contributed by atoms with E-state index in [1.807, 2.05) is 24.0 Å². The monoisotopic (exact) mass is 243 g/mol. The Morgan fingerprint density at radius 3 is 2.61 bits per heavy atom. The van der Waals surface area contributed by atoms with Gasteiger partial charge in [-0.25, -0.2) is 4.98 Å². The summed E-state index contributed by atoms with van der Waals surface area (Å²) in [5.41, 5.74) is 2.20. The van der Waals surface area contributed by atoms with Gasteiger partial charge in [0.2, 0.25) is 0 Å². The maximum atomic E-state index is 4.56. The first-order chi connectivity index (χ1) is 8.84. The second-order valence-electron chi connectivity index (χ2n) is 4.48. The van der Waals surface area contributed by atoms with Gasteiger partial charge < -0.3 is 10.2 Å². The molecule has 3 heterocycles. The molecule has 0 bridgehead atoms. The van der Waals surface area contributed by atoms with Crippen molar-refractivity contribution in [1.29, 1.82) is 0 Å². The number of piperazine rings is 1. The van der Waals surface area contributed by atoms with Gasteiger partial charge in [0.15, 0.2) is 0 Å². The summed E-state index contributed by atoms with van der Waals surface area (Å²) in [4.78, 5) is 6.87. The van der Waals surface area contributed by atoms with E-state index in [0.29, 0.717) is 0 Å². The van der Waals surface area contributed by atoms with E-state index < -0.39 is 0 Å². The minimum absolute atomic E-state index is 1.03. The molecule has 1 N–H and O–H groups in total. The van der Waals surface area contributed by atoms with Gasteiger partial charge in [0.1, 0.15) is 5.82 Å². The van der Waals surface area contributed by atoms with Crippen molar-refractivity contribution in [2.45, 2.75) is 0 Å². The third-order valence-corrected chi connectivity index (χ3v) is 3.31. The average molecular weight is 243 g/mol. The Labute approximate surface area is 106 Å². The number of aromatic nitrogens is 3. The molecule has 2 aromatic rings. The fourth-order valence-electron chi connectivity index (χ4n) is 2.28. The van der Waals surface area contributed by atoms with Crippen molar-refractivity contribution in [2.75, 3.05) is 31.1 Å². The number of pyridine rings is 1. The van der Waals surface area contributed by atoms with Crippen molar-refractivity contribution in [2.24, 2.45) is 7.05 Å². The molecule has 94 valence electrons. The van der Waals surface area contributed by atoms with E-state index in [1.165, 1.54) is 0 Å². The maximum absolute atomic E-state index is 4.56. The minimum Gasteiger partial charge on any atom is -0.354 e. The first kappa shape index (κ1) is 11.2. The van der Waals surface area contributed by atoms with Crippen LogP contribution in [0.5, 0.6) is 0 Å².